The summed E-state index contributed by atoms with van der Waals surface area (Å²) >= 11 is 0. The van der Waals surface area contributed by atoms with Gasteiger partial charge in [0, 0.05) is 31.4 Å². The van der Waals surface area contributed by atoms with Crippen LogP contribution in [0.4, 0.5) is 35.1 Å². The van der Waals surface area contributed by atoms with Crippen LogP contribution in [0.5, 0.6) is 0 Å². The molecule has 0 fully saturated rings. The molecule has 0 aromatic rings. The molecule has 4 nitrogen and oxygen atoms in total. The molecule has 12 heteroatoms. The zero-order chi connectivity index (χ0) is 21.0. The highest BCUT2D eigenvalue weighted by molar-refractivity contribution is 5.86. The van der Waals surface area contributed by atoms with Gasteiger partial charge in [0.05, 0.1) is 0 Å². The normalized spacial score (nSPS) is 14.9. The summed E-state index contributed by atoms with van der Waals surface area (Å²) in [7, 11) is 0. The van der Waals surface area contributed by atoms with Gasteiger partial charge in [0.15, 0.2) is 0 Å². The standard InChI is InChI=1S/C14H18F8O4/c1-8(2)10(25)26-9(24)4-6-12(17,18)14(21,22)13(19,20)11(15,16)5-3-7-23/h9,23-24H,1,3-7H2,2H3. The number of esters is 1. The summed E-state index contributed by atoms with van der Waals surface area (Å²) in [5.41, 5.74) is -0.267. The third-order valence-corrected chi connectivity index (χ3v) is 3.26. The van der Waals surface area contributed by atoms with Crippen molar-refractivity contribution in [2.24, 2.45) is 0 Å². The lowest BCUT2D eigenvalue weighted by Crippen LogP contribution is -2.62. The smallest absolute Gasteiger partial charge is 0.378 e. The van der Waals surface area contributed by atoms with E-state index in [-0.39, 0.29) is 5.57 Å². The van der Waals surface area contributed by atoms with E-state index in [1.807, 2.05) is 0 Å². The highest BCUT2D eigenvalue weighted by Crippen LogP contribution is 2.55. The van der Waals surface area contributed by atoms with Gasteiger partial charge in [-0.05, 0) is 13.3 Å². The van der Waals surface area contributed by atoms with E-state index < -0.39 is 68.2 Å². The Morgan fingerprint density at radius 3 is 1.81 bits per heavy atom. The van der Waals surface area contributed by atoms with Gasteiger partial charge in [0.25, 0.3) is 0 Å². The molecule has 0 heterocycles. The first kappa shape index (κ1) is 24.6. The van der Waals surface area contributed by atoms with Gasteiger partial charge >= 0.3 is 29.7 Å². The Balaban J connectivity index is 5.23. The lowest BCUT2D eigenvalue weighted by Gasteiger charge is -2.37. The lowest BCUT2D eigenvalue weighted by molar-refractivity contribution is -0.369. The summed E-state index contributed by atoms with van der Waals surface area (Å²) in [6.07, 6.45) is -8.90. The summed E-state index contributed by atoms with van der Waals surface area (Å²) < 4.78 is 112. The number of carbonyl (C=O) groups excluding carboxylic acids is 1. The quantitative estimate of drug-likeness (QED) is 0.240. The summed E-state index contributed by atoms with van der Waals surface area (Å²) in [5, 5.41) is 17.5. The predicted octanol–water partition coefficient (Wildman–Crippen LogP) is 3.52. The van der Waals surface area contributed by atoms with Gasteiger partial charge in [0.1, 0.15) is 0 Å². The van der Waals surface area contributed by atoms with Gasteiger partial charge in [-0.3, -0.25) is 0 Å². The second-order valence-corrected chi connectivity index (χ2v) is 5.56. The maximum Gasteiger partial charge on any atom is 0.378 e. The Morgan fingerprint density at radius 1 is 1.00 bits per heavy atom. The number of aliphatic hydroxyl groups excluding tert-OH is 2. The number of carbonyl (C=O) groups is 1. The van der Waals surface area contributed by atoms with Crippen LogP contribution in [0, 0.1) is 0 Å². The van der Waals surface area contributed by atoms with Gasteiger partial charge in [-0.25, -0.2) is 4.79 Å². The minimum absolute atomic E-state index is 0.267. The molecule has 0 aliphatic carbocycles. The van der Waals surface area contributed by atoms with Crippen LogP contribution in [0.15, 0.2) is 12.2 Å². The van der Waals surface area contributed by atoms with Crippen LogP contribution in [0.25, 0.3) is 0 Å². The van der Waals surface area contributed by atoms with Gasteiger partial charge in [0.2, 0.25) is 6.29 Å². The van der Waals surface area contributed by atoms with Gasteiger partial charge in [-0.2, -0.15) is 35.1 Å². The molecule has 0 aromatic heterocycles. The zero-order valence-corrected chi connectivity index (χ0v) is 13.6. The zero-order valence-electron chi connectivity index (χ0n) is 13.6. The molecule has 0 saturated heterocycles. The molecule has 1 atom stereocenters. The highest BCUT2D eigenvalue weighted by Gasteiger charge is 2.79. The van der Waals surface area contributed by atoms with E-state index in [1.54, 1.807) is 0 Å². The minimum Gasteiger partial charge on any atom is -0.433 e. The molecule has 0 rings (SSSR count). The van der Waals surface area contributed by atoms with E-state index in [4.69, 9.17) is 10.2 Å². The Labute approximate surface area is 143 Å². The molecule has 0 spiro atoms. The molecule has 0 aromatic carbocycles. The van der Waals surface area contributed by atoms with Crippen molar-refractivity contribution in [3.05, 3.63) is 12.2 Å². The molecule has 26 heavy (non-hydrogen) atoms. The van der Waals surface area contributed by atoms with Crippen LogP contribution in [0.1, 0.15) is 32.6 Å². The molecule has 0 bridgehead atoms. The SMILES string of the molecule is C=C(C)C(=O)OC(O)CCC(F)(F)C(F)(F)C(F)(F)C(F)(F)CCCO. The van der Waals surface area contributed by atoms with E-state index in [0.29, 0.717) is 0 Å². The molecule has 0 aliphatic heterocycles. The van der Waals surface area contributed by atoms with Crippen molar-refractivity contribution in [2.45, 2.75) is 62.6 Å². The van der Waals surface area contributed by atoms with Crippen molar-refractivity contribution in [3.63, 3.8) is 0 Å². The van der Waals surface area contributed by atoms with Crippen LogP contribution >= 0.6 is 0 Å². The largest absolute Gasteiger partial charge is 0.433 e. The Morgan fingerprint density at radius 2 is 1.42 bits per heavy atom. The van der Waals surface area contributed by atoms with Gasteiger partial charge < -0.3 is 14.9 Å². The molecule has 0 radical (unpaired) electrons. The third kappa shape index (κ3) is 5.29. The van der Waals surface area contributed by atoms with E-state index >= 15 is 0 Å². The van der Waals surface area contributed by atoms with Crippen LogP contribution in [0.3, 0.4) is 0 Å². The fraction of sp³-hybridized carbons (Fsp3) is 0.786. The number of rotatable bonds is 11. The minimum atomic E-state index is -6.48. The van der Waals surface area contributed by atoms with E-state index in [0.717, 1.165) is 6.92 Å². The molecule has 0 amide bonds. The first-order chi connectivity index (χ1) is 11.5. The van der Waals surface area contributed by atoms with Crippen LogP contribution in [-0.4, -0.2) is 52.8 Å². The molecule has 1 unspecified atom stereocenters. The van der Waals surface area contributed by atoms with Crippen LogP contribution in [0.2, 0.25) is 0 Å². The fourth-order valence-corrected chi connectivity index (χ4v) is 1.66. The van der Waals surface area contributed by atoms with Crippen molar-refractivity contribution >= 4 is 5.97 Å². The Bertz CT molecular complexity index is 507. The Hall–Kier alpha value is -1.43. The van der Waals surface area contributed by atoms with Crippen molar-refractivity contribution in [2.75, 3.05) is 6.61 Å². The maximum absolute atomic E-state index is 13.5. The van der Waals surface area contributed by atoms with E-state index in [9.17, 15) is 39.9 Å². The number of halogens is 8. The molecule has 0 aliphatic rings. The molecule has 2 N–H and O–H groups in total. The summed E-state index contributed by atoms with van der Waals surface area (Å²) in [6.45, 7) is 3.17. The van der Waals surface area contributed by atoms with Crippen molar-refractivity contribution < 1.29 is 54.9 Å². The first-order valence-electron chi connectivity index (χ1n) is 7.20. The molecular weight excluding hydrogens is 384 g/mol. The average Bonchev–Trinajstić information content (AvgIpc) is 2.50. The number of ether oxygens (including phenoxy) is 1. The molecule has 154 valence electrons. The second kappa shape index (κ2) is 8.51. The van der Waals surface area contributed by atoms with Crippen LogP contribution in [-0.2, 0) is 9.53 Å². The van der Waals surface area contributed by atoms with Crippen molar-refractivity contribution in [1.29, 1.82) is 0 Å². The first-order valence-corrected chi connectivity index (χ1v) is 7.20. The Kier molecular flexibility index (Phi) is 8.04. The number of hydrogen-bond acceptors (Lipinski definition) is 4. The highest BCUT2D eigenvalue weighted by atomic mass is 19.4. The second-order valence-electron chi connectivity index (χ2n) is 5.56. The van der Waals surface area contributed by atoms with E-state index in [2.05, 4.69) is 11.3 Å². The number of alkyl halides is 8. The summed E-state index contributed by atoms with van der Waals surface area (Å²) in [5.74, 6) is -25.3. The fourth-order valence-electron chi connectivity index (χ4n) is 1.66. The van der Waals surface area contributed by atoms with Crippen LogP contribution < -0.4 is 0 Å². The average molecular weight is 402 g/mol. The summed E-state index contributed by atoms with van der Waals surface area (Å²) in [6, 6.07) is 0. The third-order valence-electron chi connectivity index (χ3n) is 3.26. The molecule has 0 saturated carbocycles. The predicted molar refractivity (Wildman–Crippen MR) is 72.3 cm³/mol. The van der Waals surface area contributed by atoms with Gasteiger partial charge in [-0.15, -0.1) is 0 Å². The molecular formula is C14H18F8O4. The van der Waals surface area contributed by atoms with Crippen molar-refractivity contribution in [3.8, 4) is 0 Å². The van der Waals surface area contributed by atoms with Gasteiger partial charge in [-0.1, -0.05) is 6.58 Å². The lowest BCUT2D eigenvalue weighted by atomic mass is 9.93. The van der Waals surface area contributed by atoms with E-state index in [1.165, 1.54) is 0 Å². The van der Waals surface area contributed by atoms with Crippen molar-refractivity contribution in [1.82, 2.24) is 0 Å². The summed E-state index contributed by atoms with van der Waals surface area (Å²) in [4.78, 5) is 11.0. The number of aliphatic hydroxyl groups is 2. The number of hydrogen-bond donors (Lipinski definition) is 2. The topological polar surface area (TPSA) is 66.8 Å². The maximum atomic E-state index is 13.5. The monoisotopic (exact) mass is 402 g/mol.